The quantitative estimate of drug-likeness (QED) is 0.604. The lowest BCUT2D eigenvalue weighted by molar-refractivity contribution is 0.600. The van der Waals surface area contributed by atoms with Crippen LogP contribution < -0.4 is 0 Å². The molecule has 54 valence electrons. The van der Waals surface area contributed by atoms with Gasteiger partial charge < -0.3 is 0 Å². The van der Waals surface area contributed by atoms with Crippen molar-refractivity contribution in [3.8, 4) is 0 Å². The molecule has 1 aliphatic heterocycles. The molecule has 1 rings (SSSR count). The van der Waals surface area contributed by atoms with Crippen LogP contribution in [0.1, 0.15) is 6.42 Å². The predicted molar refractivity (Wildman–Crippen MR) is 40.6 cm³/mol. The molecule has 0 aromatic rings. The second-order valence-corrected chi connectivity index (χ2v) is 5.30. The van der Waals surface area contributed by atoms with Crippen LogP contribution in [0.4, 0.5) is 0 Å². The fourth-order valence-corrected chi connectivity index (χ4v) is 3.71. The fraction of sp³-hybridized carbons (Fsp3) is 1.00. The van der Waals surface area contributed by atoms with E-state index in [-0.39, 0.29) is 0 Å². The molecule has 1 heterocycles. The maximum atomic E-state index is 10.8. The first-order valence-electron chi connectivity index (χ1n) is 2.90. The van der Waals surface area contributed by atoms with Crippen molar-refractivity contribution in [1.29, 1.82) is 0 Å². The Kier molecular flexibility index (Phi) is 2.16. The molecule has 0 N–H and O–H groups in total. The van der Waals surface area contributed by atoms with Gasteiger partial charge in [-0.1, -0.05) is 15.9 Å². The summed E-state index contributed by atoms with van der Waals surface area (Å²) in [5.41, 5.74) is 0. The second-order valence-electron chi connectivity index (χ2n) is 2.42. The summed E-state index contributed by atoms with van der Waals surface area (Å²) in [4.78, 5) is 0. The first-order chi connectivity index (χ1) is 4.14. The predicted octanol–water partition coefficient (Wildman–Crippen LogP) is 0.816. The van der Waals surface area contributed by atoms with E-state index >= 15 is 0 Å². The van der Waals surface area contributed by atoms with Crippen LogP contribution in [0.3, 0.4) is 0 Å². The topological polar surface area (TPSA) is 34.1 Å². The summed E-state index contributed by atoms with van der Waals surface area (Å²) < 4.78 is 21.6. The van der Waals surface area contributed by atoms with Crippen LogP contribution in [0.5, 0.6) is 0 Å². The maximum Gasteiger partial charge on any atom is 0.150 e. The number of hydrogen-bond donors (Lipinski definition) is 0. The number of halogens is 1. The molecule has 1 aliphatic rings. The fourth-order valence-electron chi connectivity index (χ4n) is 0.994. The van der Waals surface area contributed by atoms with Crippen molar-refractivity contribution in [2.75, 3.05) is 16.8 Å². The van der Waals surface area contributed by atoms with E-state index < -0.39 is 9.84 Å². The minimum absolute atomic E-state index is 0.370. The van der Waals surface area contributed by atoms with E-state index in [1.165, 1.54) is 0 Å². The molecule has 1 saturated heterocycles. The van der Waals surface area contributed by atoms with Gasteiger partial charge in [-0.05, 0) is 12.3 Å². The zero-order valence-corrected chi connectivity index (χ0v) is 7.41. The summed E-state index contributed by atoms with van der Waals surface area (Å²) in [6, 6.07) is 0. The molecular weight excluding hydrogens is 204 g/mol. The molecule has 9 heavy (non-hydrogen) atoms. The zero-order valence-electron chi connectivity index (χ0n) is 5.01. The van der Waals surface area contributed by atoms with E-state index in [1.54, 1.807) is 0 Å². The summed E-state index contributed by atoms with van der Waals surface area (Å²) in [5, 5.41) is 0.826. The Labute approximate surface area is 63.7 Å². The van der Waals surface area contributed by atoms with Crippen LogP contribution in [0.25, 0.3) is 0 Å². The van der Waals surface area contributed by atoms with Gasteiger partial charge in [-0.3, -0.25) is 0 Å². The Bertz CT molecular complexity index is 185. The maximum absolute atomic E-state index is 10.8. The minimum Gasteiger partial charge on any atom is -0.229 e. The van der Waals surface area contributed by atoms with Crippen molar-refractivity contribution in [1.82, 2.24) is 0 Å². The van der Waals surface area contributed by atoms with Gasteiger partial charge in [0.2, 0.25) is 0 Å². The Balaban J connectivity index is 2.58. The van der Waals surface area contributed by atoms with Crippen LogP contribution in [-0.2, 0) is 9.84 Å². The molecule has 0 aromatic carbocycles. The lowest BCUT2D eigenvalue weighted by Gasteiger charge is -1.96. The van der Waals surface area contributed by atoms with Crippen molar-refractivity contribution in [3.05, 3.63) is 0 Å². The van der Waals surface area contributed by atoms with Gasteiger partial charge in [-0.2, -0.15) is 0 Å². The highest BCUT2D eigenvalue weighted by Crippen LogP contribution is 2.19. The number of hydrogen-bond acceptors (Lipinski definition) is 2. The largest absolute Gasteiger partial charge is 0.229 e. The Morgan fingerprint density at radius 2 is 2.22 bits per heavy atom. The molecule has 0 bridgehead atoms. The van der Waals surface area contributed by atoms with E-state index in [0.29, 0.717) is 17.4 Å². The molecular formula is C5H9BrO2S. The average molecular weight is 213 g/mol. The molecule has 0 spiro atoms. The van der Waals surface area contributed by atoms with Gasteiger partial charge >= 0.3 is 0 Å². The molecule has 0 amide bonds. The summed E-state index contributed by atoms with van der Waals surface area (Å²) >= 11 is 3.26. The van der Waals surface area contributed by atoms with Crippen LogP contribution in [0, 0.1) is 5.92 Å². The molecule has 4 heteroatoms. The second kappa shape index (κ2) is 2.58. The van der Waals surface area contributed by atoms with Gasteiger partial charge in [-0.25, -0.2) is 8.42 Å². The summed E-state index contributed by atoms with van der Waals surface area (Å²) in [7, 11) is -2.64. The third-order valence-corrected chi connectivity index (χ3v) is 4.30. The zero-order chi connectivity index (χ0) is 6.91. The highest BCUT2D eigenvalue weighted by Gasteiger charge is 2.26. The SMILES string of the molecule is O=S1(=O)CC[C@@H](CBr)C1. The van der Waals surface area contributed by atoms with Crippen molar-refractivity contribution in [2.24, 2.45) is 5.92 Å². The average Bonchev–Trinajstić information content (AvgIpc) is 2.10. The smallest absolute Gasteiger partial charge is 0.150 e. The molecule has 0 radical (unpaired) electrons. The van der Waals surface area contributed by atoms with E-state index in [0.717, 1.165) is 11.8 Å². The molecule has 0 unspecified atom stereocenters. The monoisotopic (exact) mass is 212 g/mol. The Hall–Kier alpha value is 0.430. The van der Waals surface area contributed by atoms with Gasteiger partial charge in [0.25, 0.3) is 0 Å². The van der Waals surface area contributed by atoms with Crippen LogP contribution in [-0.4, -0.2) is 25.3 Å². The Morgan fingerprint density at radius 1 is 1.56 bits per heavy atom. The number of alkyl halides is 1. The first kappa shape index (κ1) is 7.54. The van der Waals surface area contributed by atoms with Gasteiger partial charge in [0.1, 0.15) is 0 Å². The van der Waals surface area contributed by atoms with Crippen molar-refractivity contribution in [3.63, 3.8) is 0 Å². The molecule has 1 atom stereocenters. The normalized spacial score (nSPS) is 32.8. The van der Waals surface area contributed by atoms with E-state index in [1.807, 2.05) is 0 Å². The molecule has 1 fully saturated rings. The van der Waals surface area contributed by atoms with Gasteiger partial charge in [0.15, 0.2) is 9.84 Å². The highest BCUT2D eigenvalue weighted by molar-refractivity contribution is 9.09. The molecule has 0 aliphatic carbocycles. The lowest BCUT2D eigenvalue weighted by Crippen LogP contribution is -2.05. The standard InChI is InChI=1S/C5H9BrO2S/c6-3-5-1-2-9(7,8)4-5/h5H,1-4H2/t5-/m0/s1. The summed E-state index contributed by atoms with van der Waals surface area (Å²) in [6.07, 6.45) is 0.841. The Morgan fingerprint density at radius 3 is 2.44 bits per heavy atom. The van der Waals surface area contributed by atoms with Gasteiger partial charge in [0, 0.05) is 5.33 Å². The number of sulfone groups is 1. The third-order valence-electron chi connectivity index (χ3n) is 1.54. The van der Waals surface area contributed by atoms with E-state index in [9.17, 15) is 8.42 Å². The van der Waals surface area contributed by atoms with Gasteiger partial charge in [-0.15, -0.1) is 0 Å². The third kappa shape index (κ3) is 1.93. The molecule has 0 saturated carbocycles. The van der Waals surface area contributed by atoms with Crippen LogP contribution in [0.15, 0.2) is 0 Å². The van der Waals surface area contributed by atoms with E-state index in [4.69, 9.17) is 0 Å². The van der Waals surface area contributed by atoms with Gasteiger partial charge in [0.05, 0.1) is 11.5 Å². The first-order valence-corrected chi connectivity index (χ1v) is 5.85. The van der Waals surface area contributed by atoms with Crippen molar-refractivity contribution < 1.29 is 8.42 Å². The highest BCUT2D eigenvalue weighted by atomic mass is 79.9. The molecule has 2 nitrogen and oxygen atoms in total. The van der Waals surface area contributed by atoms with Crippen molar-refractivity contribution >= 4 is 25.8 Å². The van der Waals surface area contributed by atoms with Crippen LogP contribution in [0.2, 0.25) is 0 Å². The number of rotatable bonds is 1. The molecule has 0 aromatic heterocycles. The van der Waals surface area contributed by atoms with E-state index in [2.05, 4.69) is 15.9 Å². The minimum atomic E-state index is -2.64. The lowest BCUT2D eigenvalue weighted by atomic mass is 10.2. The van der Waals surface area contributed by atoms with Crippen LogP contribution >= 0.6 is 15.9 Å². The summed E-state index contributed by atoms with van der Waals surface area (Å²) in [6.45, 7) is 0. The summed E-state index contributed by atoms with van der Waals surface area (Å²) in [5.74, 6) is 1.15. The van der Waals surface area contributed by atoms with Crippen molar-refractivity contribution in [2.45, 2.75) is 6.42 Å².